The molecule has 0 aromatic carbocycles. The lowest BCUT2D eigenvalue weighted by Gasteiger charge is -2.23. The maximum atomic E-state index is 11.9. The van der Waals surface area contributed by atoms with E-state index in [1.165, 1.54) is 0 Å². The molecule has 1 amide bonds. The van der Waals surface area contributed by atoms with Crippen molar-refractivity contribution in [2.45, 2.75) is 19.4 Å². The number of H-pyrrole nitrogens is 1. The first-order chi connectivity index (χ1) is 8.68. The van der Waals surface area contributed by atoms with E-state index in [1.807, 2.05) is 6.08 Å². The highest BCUT2D eigenvalue weighted by molar-refractivity contribution is 5.85. The number of allylic oxidation sites excluding steroid dienone is 2. The van der Waals surface area contributed by atoms with Crippen LogP contribution in [0.4, 0.5) is 0 Å². The lowest BCUT2D eigenvalue weighted by Crippen LogP contribution is -2.38. The summed E-state index contributed by atoms with van der Waals surface area (Å²) in [5, 5.41) is 24.7. The molecule has 1 aromatic rings. The van der Waals surface area contributed by atoms with Gasteiger partial charge < -0.3 is 10.4 Å². The van der Waals surface area contributed by atoms with E-state index in [4.69, 9.17) is 5.11 Å². The third-order valence-electron chi connectivity index (χ3n) is 2.90. The molecule has 0 saturated carbocycles. The van der Waals surface area contributed by atoms with Gasteiger partial charge in [-0.3, -0.25) is 9.59 Å². The van der Waals surface area contributed by atoms with Gasteiger partial charge in [-0.15, -0.1) is 10.2 Å². The Morgan fingerprint density at radius 1 is 1.39 bits per heavy atom. The van der Waals surface area contributed by atoms with Crippen molar-refractivity contribution in [1.29, 1.82) is 0 Å². The zero-order valence-corrected chi connectivity index (χ0v) is 9.54. The number of carbonyl (C=O) groups excluding carboxylic acids is 1. The number of carboxylic acids is 1. The molecule has 8 heteroatoms. The summed E-state index contributed by atoms with van der Waals surface area (Å²) in [7, 11) is 0. The highest BCUT2D eigenvalue weighted by Crippen LogP contribution is 2.25. The van der Waals surface area contributed by atoms with Crippen LogP contribution in [0.15, 0.2) is 12.2 Å². The molecule has 2 rings (SSSR count). The van der Waals surface area contributed by atoms with Crippen LogP contribution in [-0.2, 0) is 16.1 Å². The Bertz CT molecular complexity index is 456. The molecule has 96 valence electrons. The van der Waals surface area contributed by atoms with Gasteiger partial charge in [-0.1, -0.05) is 17.4 Å². The Hall–Kier alpha value is -2.25. The molecule has 0 aliphatic heterocycles. The van der Waals surface area contributed by atoms with Crippen LogP contribution >= 0.6 is 0 Å². The summed E-state index contributed by atoms with van der Waals surface area (Å²) in [5.74, 6) is -2.09. The molecule has 2 atom stereocenters. The van der Waals surface area contributed by atoms with E-state index >= 15 is 0 Å². The Morgan fingerprint density at radius 3 is 2.72 bits per heavy atom. The van der Waals surface area contributed by atoms with Crippen molar-refractivity contribution in [3.05, 3.63) is 18.0 Å². The van der Waals surface area contributed by atoms with Crippen molar-refractivity contribution in [2.75, 3.05) is 0 Å². The first-order valence-electron chi connectivity index (χ1n) is 5.56. The van der Waals surface area contributed by atoms with Crippen LogP contribution in [0, 0.1) is 11.8 Å². The summed E-state index contributed by atoms with van der Waals surface area (Å²) in [6.07, 6.45) is 4.45. The second kappa shape index (κ2) is 5.39. The minimum absolute atomic E-state index is 0.141. The smallest absolute Gasteiger partial charge is 0.307 e. The van der Waals surface area contributed by atoms with Gasteiger partial charge in [-0.25, -0.2) is 0 Å². The summed E-state index contributed by atoms with van der Waals surface area (Å²) < 4.78 is 0. The molecule has 0 unspecified atom stereocenters. The van der Waals surface area contributed by atoms with E-state index in [0.717, 1.165) is 0 Å². The van der Waals surface area contributed by atoms with Crippen LogP contribution in [0.2, 0.25) is 0 Å². The van der Waals surface area contributed by atoms with Gasteiger partial charge in [0.1, 0.15) is 0 Å². The van der Waals surface area contributed by atoms with Gasteiger partial charge >= 0.3 is 5.97 Å². The highest BCUT2D eigenvalue weighted by atomic mass is 16.4. The van der Waals surface area contributed by atoms with Gasteiger partial charge in [-0.05, 0) is 12.8 Å². The average Bonchev–Trinajstić information content (AvgIpc) is 2.89. The van der Waals surface area contributed by atoms with Crippen LogP contribution < -0.4 is 5.32 Å². The Balaban J connectivity index is 1.94. The molecule has 0 saturated heterocycles. The number of hydrogen-bond donors (Lipinski definition) is 3. The molecule has 0 bridgehead atoms. The molecule has 1 heterocycles. The van der Waals surface area contributed by atoms with Crippen molar-refractivity contribution in [3.63, 3.8) is 0 Å². The van der Waals surface area contributed by atoms with Crippen molar-refractivity contribution in [2.24, 2.45) is 11.8 Å². The third-order valence-corrected chi connectivity index (χ3v) is 2.90. The number of carbonyl (C=O) groups is 2. The number of aromatic amines is 1. The number of tetrazole rings is 1. The van der Waals surface area contributed by atoms with Crippen LogP contribution in [0.1, 0.15) is 18.7 Å². The van der Waals surface area contributed by atoms with Crippen molar-refractivity contribution < 1.29 is 14.7 Å². The molecule has 0 fully saturated rings. The topological polar surface area (TPSA) is 121 Å². The number of carboxylic acid groups (broad SMARTS) is 1. The fourth-order valence-electron chi connectivity index (χ4n) is 1.93. The predicted molar refractivity (Wildman–Crippen MR) is 59.0 cm³/mol. The van der Waals surface area contributed by atoms with Gasteiger partial charge in [0.15, 0.2) is 5.82 Å². The number of rotatable bonds is 4. The molecule has 1 aliphatic rings. The van der Waals surface area contributed by atoms with E-state index in [-0.39, 0.29) is 12.5 Å². The molecular formula is C10H13N5O3. The van der Waals surface area contributed by atoms with Crippen LogP contribution in [0.5, 0.6) is 0 Å². The molecule has 3 N–H and O–H groups in total. The number of hydrogen-bond acceptors (Lipinski definition) is 5. The van der Waals surface area contributed by atoms with Crippen molar-refractivity contribution >= 4 is 11.9 Å². The number of nitrogens with zero attached hydrogens (tertiary/aromatic N) is 3. The zero-order valence-electron chi connectivity index (χ0n) is 9.54. The minimum Gasteiger partial charge on any atom is -0.481 e. The first kappa shape index (κ1) is 12.2. The zero-order chi connectivity index (χ0) is 13.0. The molecule has 0 spiro atoms. The Kier molecular flexibility index (Phi) is 3.66. The summed E-state index contributed by atoms with van der Waals surface area (Å²) in [4.78, 5) is 23.0. The van der Waals surface area contributed by atoms with E-state index in [9.17, 15) is 9.59 Å². The van der Waals surface area contributed by atoms with Gasteiger partial charge in [0.2, 0.25) is 5.91 Å². The van der Waals surface area contributed by atoms with Gasteiger partial charge in [0.05, 0.1) is 18.4 Å². The van der Waals surface area contributed by atoms with E-state index in [2.05, 4.69) is 25.9 Å². The average molecular weight is 251 g/mol. The predicted octanol–water partition coefficient (Wildman–Crippen LogP) is -0.517. The lowest BCUT2D eigenvalue weighted by atomic mass is 9.82. The number of aromatic nitrogens is 4. The number of nitrogens with one attached hydrogen (secondary N) is 2. The third kappa shape index (κ3) is 2.70. The van der Waals surface area contributed by atoms with E-state index in [0.29, 0.717) is 18.7 Å². The quantitative estimate of drug-likeness (QED) is 0.619. The molecule has 0 radical (unpaired) electrons. The second-order valence-electron chi connectivity index (χ2n) is 4.04. The van der Waals surface area contributed by atoms with Gasteiger partial charge in [-0.2, -0.15) is 5.21 Å². The van der Waals surface area contributed by atoms with Crippen LogP contribution in [-0.4, -0.2) is 37.6 Å². The molecule has 8 nitrogen and oxygen atoms in total. The summed E-state index contributed by atoms with van der Waals surface area (Å²) in [6, 6.07) is 0. The fourth-order valence-corrected chi connectivity index (χ4v) is 1.93. The molecular weight excluding hydrogens is 238 g/mol. The SMILES string of the molecule is O=C(O)[C@H]1CC=CC[C@H]1C(=O)NCc1nn[nH]n1. The first-order valence-corrected chi connectivity index (χ1v) is 5.56. The maximum Gasteiger partial charge on any atom is 0.307 e. The molecule has 1 aromatic heterocycles. The maximum absolute atomic E-state index is 11.9. The van der Waals surface area contributed by atoms with E-state index in [1.54, 1.807) is 6.08 Å². The monoisotopic (exact) mass is 251 g/mol. The summed E-state index contributed by atoms with van der Waals surface area (Å²) in [5.41, 5.74) is 0. The number of aliphatic carboxylic acids is 1. The highest BCUT2D eigenvalue weighted by Gasteiger charge is 2.33. The largest absolute Gasteiger partial charge is 0.481 e. The second-order valence-corrected chi connectivity index (χ2v) is 4.04. The Labute approximate surface area is 102 Å². The Morgan fingerprint density at radius 2 is 2.11 bits per heavy atom. The minimum atomic E-state index is -0.945. The van der Waals surface area contributed by atoms with Gasteiger partial charge in [0.25, 0.3) is 0 Å². The van der Waals surface area contributed by atoms with Crippen molar-refractivity contribution in [3.8, 4) is 0 Å². The van der Waals surface area contributed by atoms with Crippen LogP contribution in [0.25, 0.3) is 0 Å². The van der Waals surface area contributed by atoms with Gasteiger partial charge in [0, 0.05) is 0 Å². The summed E-state index contributed by atoms with van der Waals surface area (Å²) in [6.45, 7) is 0.141. The molecule has 18 heavy (non-hydrogen) atoms. The van der Waals surface area contributed by atoms with Crippen molar-refractivity contribution in [1.82, 2.24) is 25.9 Å². The summed E-state index contributed by atoms with van der Waals surface area (Å²) >= 11 is 0. The normalized spacial score (nSPS) is 22.7. The van der Waals surface area contributed by atoms with Crippen LogP contribution in [0.3, 0.4) is 0 Å². The fraction of sp³-hybridized carbons (Fsp3) is 0.500. The lowest BCUT2D eigenvalue weighted by molar-refractivity contribution is -0.147. The molecule has 1 aliphatic carbocycles. The van der Waals surface area contributed by atoms with E-state index < -0.39 is 17.8 Å². The number of amides is 1. The standard InChI is InChI=1S/C10H13N5O3/c16-9(11-5-8-12-14-15-13-8)6-3-1-2-4-7(6)10(17)18/h1-2,6-7H,3-5H2,(H,11,16)(H,17,18)(H,12,13,14,15)/t6-,7+/m1/s1.